The summed E-state index contributed by atoms with van der Waals surface area (Å²) in [6, 6.07) is 4.01. The van der Waals surface area contributed by atoms with Crippen LogP contribution in [-0.4, -0.2) is 61.6 Å². The van der Waals surface area contributed by atoms with Crippen LogP contribution in [0.2, 0.25) is 0 Å². The second kappa shape index (κ2) is 8.49. The average molecular weight is 389 g/mol. The molecule has 9 heteroatoms. The third-order valence-corrected chi connectivity index (χ3v) is 4.93. The van der Waals surface area contributed by atoms with E-state index in [1.165, 1.54) is 0 Å². The Morgan fingerprint density at radius 3 is 2.61 bits per heavy atom. The van der Waals surface area contributed by atoms with Crippen molar-refractivity contribution >= 4 is 29.3 Å². The second-order valence-corrected chi connectivity index (χ2v) is 6.65. The Bertz CT molecular complexity index is 805. The fraction of sp³-hybridized carbons (Fsp3) is 0.474. The number of hydrogen-bond donors (Lipinski definition) is 2. The summed E-state index contributed by atoms with van der Waals surface area (Å²) in [5, 5.41) is 5.36. The predicted molar refractivity (Wildman–Crippen MR) is 98.6 cm³/mol. The average Bonchev–Trinajstić information content (AvgIpc) is 2.94. The number of carbonyl (C=O) groups excluding carboxylic acids is 4. The lowest BCUT2D eigenvalue weighted by Gasteiger charge is -2.27. The van der Waals surface area contributed by atoms with Crippen molar-refractivity contribution in [2.45, 2.75) is 38.0 Å². The Balaban J connectivity index is 1.73. The molecule has 0 bridgehead atoms. The van der Waals surface area contributed by atoms with Crippen molar-refractivity contribution in [3.8, 4) is 0 Å². The molecule has 2 aliphatic heterocycles. The van der Waals surface area contributed by atoms with Gasteiger partial charge >= 0.3 is 0 Å². The number of benzene rings is 1. The highest BCUT2D eigenvalue weighted by Gasteiger charge is 2.45. The number of carbonyl (C=O) groups is 4. The van der Waals surface area contributed by atoms with Gasteiger partial charge in [-0.05, 0) is 31.4 Å². The molecule has 4 amide bonds. The number of rotatable bonds is 8. The zero-order valence-corrected chi connectivity index (χ0v) is 15.8. The van der Waals surface area contributed by atoms with Crippen LogP contribution >= 0.6 is 0 Å². The third-order valence-electron chi connectivity index (χ3n) is 4.93. The molecule has 0 aliphatic carbocycles. The van der Waals surface area contributed by atoms with E-state index in [1.54, 1.807) is 32.4 Å². The summed E-state index contributed by atoms with van der Waals surface area (Å²) in [7, 11) is 3.14. The molecule has 2 N–H and O–H groups in total. The van der Waals surface area contributed by atoms with Gasteiger partial charge in [0.25, 0.3) is 11.8 Å². The fourth-order valence-electron chi connectivity index (χ4n) is 3.49. The van der Waals surface area contributed by atoms with Gasteiger partial charge in [0.15, 0.2) is 6.29 Å². The Kier molecular flexibility index (Phi) is 6.05. The number of nitrogens with one attached hydrogen (secondary N) is 2. The molecule has 0 aromatic heterocycles. The number of hydrogen-bond acceptors (Lipinski definition) is 7. The number of ether oxygens (including phenoxy) is 2. The highest BCUT2D eigenvalue weighted by Crippen LogP contribution is 2.32. The highest BCUT2D eigenvalue weighted by molar-refractivity contribution is 6.25. The molecular formula is C19H23N3O6. The van der Waals surface area contributed by atoms with E-state index in [1.807, 2.05) is 0 Å². The zero-order valence-electron chi connectivity index (χ0n) is 15.8. The molecule has 0 spiro atoms. The van der Waals surface area contributed by atoms with Crippen molar-refractivity contribution in [1.82, 2.24) is 10.2 Å². The van der Waals surface area contributed by atoms with Crippen LogP contribution in [-0.2, 0) is 19.1 Å². The Morgan fingerprint density at radius 1 is 1.18 bits per heavy atom. The van der Waals surface area contributed by atoms with Gasteiger partial charge in [-0.15, -0.1) is 0 Å². The number of nitrogens with zero attached hydrogens (tertiary/aromatic N) is 1. The molecule has 1 aromatic rings. The topological polar surface area (TPSA) is 114 Å². The highest BCUT2D eigenvalue weighted by atomic mass is 16.7. The first-order chi connectivity index (χ1) is 13.5. The molecule has 0 saturated carbocycles. The van der Waals surface area contributed by atoms with Crippen LogP contribution in [0.5, 0.6) is 0 Å². The Morgan fingerprint density at radius 2 is 1.93 bits per heavy atom. The minimum atomic E-state index is -0.970. The van der Waals surface area contributed by atoms with E-state index in [2.05, 4.69) is 10.6 Å². The van der Waals surface area contributed by atoms with Gasteiger partial charge in [-0.25, -0.2) is 0 Å². The molecule has 2 aliphatic rings. The maximum Gasteiger partial charge on any atom is 0.264 e. The first-order valence-electron chi connectivity index (χ1n) is 9.12. The third kappa shape index (κ3) is 3.76. The molecule has 3 rings (SSSR count). The van der Waals surface area contributed by atoms with Crippen LogP contribution in [0.15, 0.2) is 18.2 Å². The number of fused-ring (bicyclic) bond motifs is 1. The quantitative estimate of drug-likeness (QED) is 0.386. The van der Waals surface area contributed by atoms with Crippen molar-refractivity contribution in [3.63, 3.8) is 0 Å². The van der Waals surface area contributed by atoms with Crippen LogP contribution in [0, 0.1) is 0 Å². The maximum atomic E-state index is 12.9. The molecular weight excluding hydrogens is 366 g/mol. The minimum Gasteiger partial charge on any atom is -0.384 e. The lowest BCUT2D eigenvalue weighted by Crippen LogP contribution is -2.54. The zero-order chi connectivity index (χ0) is 20.3. The lowest BCUT2D eigenvalue weighted by atomic mass is 10.0. The molecule has 150 valence electrons. The molecule has 9 nitrogen and oxygen atoms in total. The Hall–Kier alpha value is -2.78. The number of imide groups is 2. The molecule has 1 aromatic carbocycles. The normalized spacial score (nSPS) is 19.2. The molecule has 1 unspecified atom stereocenters. The summed E-state index contributed by atoms with van der Waals surface area (Å²) in [5.41, 5.74) is 1.05. The van der Waals surface area contributed by atoms with Crippen LogP contribution in [0.25, 0.3) is 0 Å². The number of methoxy groups -OCH3 is 2. The van der Waals surface area contributed by atoms with E-state index >= 15 is 0 Å². The second-order valence-electron chi connectivity index (χ2n) is 6.65. The molecule has 1 saturated heterocycles. The molecule has 0 radical (unpaired) electrons. The molecule has 28 heavy (non-hydrogen) atoms. The summed E-state index contributed by atoms with van der Waals surface area (Å²) < 4.78 is 10.3. The maximum absolute atomic E-state index is 12.9. The smallest absolute Gasteiger partial charge is 0.264 e. The number of piperidine rings is 1. The van der Waals surface area contributed by atoms with Gasteiger partial charge in [0.2, 0.25) is 11.8 Å². The largest absolute Gasteiger partial charge is 0.384 e. The summed E-state index contributed by atoms with van der Waals surface area (Å²) in [6.45, 7) is 0.555. The predicted octanol–water partition coefficient (Wildman–Crippen LogP) is 0.899. The lowest BCUT2D eigenvalue weighted by molar-refractivity contribution is -0.136. The van der Waals surface area contributed by atoms with Gasteiger partial charge in [0, 0.05) is 32.9 Å². The standard InChI is InChI=1S/C19H23N3O6/c1-27-15(28-2)7-4-10-20-12-6-3-5-11-16(12)19(26)22(18(11)25)13-8-9-14(23)21-17(13)24/h3,5-6,13,15,20H,4,7-10H2,1-2H3,(H,21,23,24). The van der Waals surface area contributed by atoms with Crippen LogP contribution in [0.1, 0.15) is 46.4 Å². The van der Waals surface area contributed by atoms with Crippen LogP contribution in [0.4, 0.5) is 5.69 Å². The first kappa shape index (κ1) is 20.0. The van der Waals surface area contributed by atoms with Gasteiger partial charge in [-0.2, -0.15) is 0 Å². The summed E-state index contributed by atoms with van der Waals surface area (Å²) in [4.78, 5) is 50.2. The minimum absolute atomic E-state index is 0.0923. The van der Waals surface area contributed by atoms with Crippen molar-refractivity contribution in [2.24, 2.45) is 0 Å². The monoisotopic (exact) mass is 389 g/mol. The first-order valence-corrected chi connectivity index (χ1v) is 9.12. The summed E-state index contributed by atoms with van der Waals surface area (Å²) in [6.07, 6.45) is 1.33. The van der Waals surface area contributed by atoms with Crippen LogP contribution < -0.4 is 10.6 Å². The summed E-state index contributed by atoms with van der Waals surface area (Å²) >= 11 is 0. The molecule has 1 fully saturated rings. The fourth-order valence-corrected chi connectivity index (χ4v) is 3.49. The van der Waals surface area contributed by atoms with E-state index in [9.17, 15) is 19.2 Å². The van der Waals surface area contributed by atoms with Gasteiger partial charge in [-0.1, -0.05) is 6.07 Å². The van der Waals surface area contributed by atoms with Crippen molar-refractivity contribution < 1.29 is 28.7 Å². The van der Waals surface area contributed by atoms with Gasteiger partial charge in [-0.3, -0.25) is 29.4 Å². The van der Waals surface area contributed by atoms with Crippen molar-refractivity contribution in [1.29, 1.82) is 0 Å². The molecule has 2 heterocycles. The van der Waals surface area contributed by atoms with E-state index in [0.717, 1.165) is 11.3 Å². The summed E-state index contributed by atoms with van der Waals surface area (Å²) in [5.74, 6) is -2.06. The van der Waals surface area contributed by atoms with E-state index in [0.29, 0.717) is 18.7 Å². The van der Waals surface area contributed by atoms with Gasteiger partial charge in [0.1, 0.15) is 6.04 Å². The van der Waals surface area contributed by atoms with Crippen molar-refractivity contribution in [2.75, 3.05) is 26.1 Å². The van der Waals surface area contributed by atoms with Gasteiger partial charge in [0.05, 0.1) is 11.1 Å². The van der Waals surface area contributed by atoms with E-state index in [4.69, 9.17) is 9.47 Å². The SMILES string of the molecule is COC(CCCNc1cccc2c1C(=O)N(C1CCC(=O)NC1=O)C2=O)OC. The van der Waals surface area contributed by atoms with Crippen molar-refractivity contribution in [3.05, 3.63) is 29.3 Å². The van der Waals surface area contributed by atoms with Crippen LogP contribution in [0.3, 0.4) is 0 Å². The van der Waals surface area contributed by atoms with E-state index in [-0.39, 0.29) is 30.3 Å². The number of anilines is 1. The van der Waals surface area contributed by atoms with Gasteiger partial charge < -0.3 is 14.8 Å². The number of amides is 4. The van der Waals surface area contributed by atoms with E-state index < -0.39 is 29.7 Å². The molecule has 1 atom stereocenters. The Labute approximate surface area is 162 Å².